The van der Waals surface area contributed by atoms with Gasteiger partial charge >= 0.3 is 5.97 Å². The van der Waals surface area contributed by atoms with E-state index in [0.29, 0.717) is 30.8 Å². The van der Waals surface area contributed by atoms with Crippen molar-refractivity contribution in [2.75, 3.05) is 55.1 Å². The summed E-state index contributed by atoms with van der Waals surface area (Å²) in [5.41, 5.74) is 1.07. The molecule has 6 aromatic rings. The smallest absolute Gasteiger partial charge is 0.339 e. The van der Waals surface area contributed by atoms with E-state index >= 15 is 0 Å². The molecule has 0 radical (unpaired) electrons. The highest BCUT2D eigenvalue weighted by molar-refractivity contribution is 6.01. The third-order valence-electron chi connectivity index (χ3n) is 11.8. The Bertz CT molecular complexity index is 2850. The molecule has 2 aliphatic rings. The normalized spacial score (nSPS) is 15.3. The lowest BCUT2D eigenvalue weighted by atomic mass is 10.0. The molecule has 3 atom stereocenters. The fourth-order valence-electron chi connectivity index (χ4n) is 8.43. The van der Waals surface area contributed by atoms with Crippen LogP contribution in [0.25, 0.3) is 0 Å². The molecule has 0 spiro atoms. The lowest BCUT2D eigenvalue weighted by Crippen LogP contribution is -2.55. The average molecular weight is 883 g/mol. The van der Waals surface area contributed by atoms with Crippen molar-refractivity contribution >= 4 is 51.9 Å². The van der Waals surface area contributed by atoms with Gasteiger partial charge < -0.3 is 45.6 Å². The number of carbonyl (C=O) groups is 3. The van der Waals surface area contributed by atoms with E-state index in [9.17, 15) is 38.7 Å². The van der Waals surface area contributed by atoms with E-state index in [1.54, 1.807) is 29.2 Å². The summed E-state index contributed by atoms with van der Waals surface area (Å²) >= 11 is 0. The van der Waals surface area contributed by atoms with Gasteiger partial charge in [-0.25, -0.2) is 4.79 Å². The molecule has 2 amide bonds. The van der Waals surface area contributed by atoms with E-state index < -0.39 is 27.7 Å². The molecule has 0 saturated carbocycles. The summed E-state index contributed by atoms with van der Waals surface area (Å²) < 4.78 is 10.8. The Morgan fingerprint density at radius 3 is 1.57 bits per heavy atom. The summed E-state index contributed by atoms with van der Waals surface area (Å²) in [7, 11) is 2.79. The van der Waals surface area contributed by atoms with Gasteiger partial charge in [0.15, 0.2) is 11.5 Å². The van der Waals surface area contributed by atoms with Gasteiger partial charge in [-0.05, 0) is 61.1 Å². The van der Waals surface area contributed by atoms with E-state index in [1.165, 1.54) is 26.4 Å². The molecule has 5 N–H and O–H groups in total. The van der Waals surface area contributed by atoms with E-state index in [1.807, 2.05) is 79.4 Å². The van der Waals surface area contributed by atoms with Crippen LogP contribution in [0, 0.1) is 0 Å². The van der Waals surface area contributed by atoms with Crippen LogP contribution in [-0.2, 0) is 4.79 Å². The molecule has 2 saturated heterocycles. The first-order valence-electron chi connectivity index (χ1n) is 21.4. The van der Waals surface area contributed by atoms with Gasteiger partial charge in [0.05, 0.1) is 43.2 Å². The SMILES string of the molecule is CC[C@@H](Nc1c(Nc2cccc(C(=O)N3CC(=O)N4CCCC4C3)c2OC)c(=O)c1=O)c1ccccc1.CC[C@@H](Nc1c(Nc2cccc(C(=O)O)c2OC)c(=O)c1=O)c1ccccc1. The van der Waals surface area contributed by atoms with Crippen LogP contribution in [0.5, 0.6) is 11.5 Å². The molecule has 6 aromatic carbocycles. The minimum absolute atomic E-state index is 0.0280. The van der Waals surface area contributed by atoms with Gasteiger partial charge in [0.25, 0.3) is 27.6 Å². The first-order valence-corrected chi connectivity index (χ1v) is 21.4. The van der Waals surface area contributed by atoms with Gasteiger partial charge in [-0.2, -0.15) is 0 Å². The van der Waals surface area contributed by atoms with E-state index in [2.05, 4.69) is 21.3 Å². The lowest BCUT2D eigenvalue weighted by molar-refractivity contribution is -0.136. The largest absolute Gasteiger partial charge is 0.494 e. The van der Waals surface area contributed by atoms with Gasteiger partial charge in [-0.1, -0.05) is 86.6 Å². The van der Waals surface area contributed by atoms with Crippen molar-refractivity contribution in [1.82, 2.24) is 9.80 Å². The first kappa shape index (κ1) is 45.3. The van der Waals surface area contributed by atoms with E-state index in [-0.39, 0.29) is 81.9 Å². The van der Waals surface area contributed by atoms with Crippen molar-refractivity contribution in [3.63, 3.8) is 0 Å². The average Bonchev–Trinajstić information content (AvgIpc) is 3.83. The van der Waals surface area contributed by atoms with Gasteiger partial charge in [0.1, 0.15) is 34.9 Å². The number of carboxylic acid groups (broad SMARTS) is 1. The van der Waals surface area contributed by atoms with E-state index in [0.717, 1.165) is 30.5 Å². The number of carboxylic acids is 1. The highest BCUT2D eigenvalue weighted by atomic mass is 16.5. The summed E-state index contributed by atoms with van der Waals surface area (Å²) in [5.74, 6) is -1.16. The summed E-state index contributed by atoms with van der Waals surface area (Å²) in [6.45, 7) is 5.23. The lowest BCUT2D eigenvalue weighted by Gasteiger charge is -2.37. The predicted molar refractivity (Wildman–Crippen MR) is 249 cm³/mol. The maximum absolute atomic E-state index is 13.5. The van der Waals surface area contributed by atoms with Crippen molar-refractivity contribution in [1.29, 1.82) is 0 Å². The van der Waals surface area contributed by atoms with Crippen LogP contribution in [0.1, 0.15) is 83.5 Å². The van der Waals surface area contributed by atoms with Crippen LogP contribution in [0.15, 0.2) is 116 Å². The molecular weight excluding hydrogens is 833 g/mol. The fourth-order valence-corrected chi connectivity index (χ4v) is 8.43. The number of amides is 2. The number of piperazine rings is 1. The van der Waals surface area contributed by atoms with E-state index in [4.69, 9.17) is 9.47 Å². The zero-order valence-corrected chi connectivity index (χ0v) is 36.4. The molecule has 0 bridgehead atoms. The van der Waals surface area contributed by atoms with Crippen molar-refractivity contribution in [3.8, 4) is 11.5 Å². The number of rotatable bonds is 16. The molecule has 65 heavy (non-hydrogen) atoms. The number of carbonyl (C=O) groups excluding carboxylic acids is 2. The third-order valence-corrected chi connectivity index (χ3v) is 11.8. The Morgan fingerprint density at radius 1 is 0.646 bits per heavy atom. The maximum atomic E-state index is 13.5. The topological polar surface area (TPSA) is 213 Å². The third kappa shape index (κ3) is 9.19. The number of nitrogens with zero attached hydrogens (tertiary/aromatic N) is 2. The number of benzene rings is 4. The second-order valence-corrected chi connectivity index (χ2v) is 15.7. The van der Waals surface area contributed by atoms with Gasteiger partial charge in [0.2, 0.25) is 5.91 Å². The van der Waals surface area contributed by atoms with Crippen molar-refractivity contribution in [2.45, 2.75) is 57.7 Å². The van der Waals surface area contributed by atoms with Crippen LogP contribution < -0.4 is 52.5 Å². The van der Waals surface area contributed by atoms with Crippen LogP contribution >= 0.6 is 0 Å². The minimum Gasteiger partial charge on any atom is -0.494 e. The van der Waals surface area contributed by atoms with Crippen molar-refractivity contribution < 1.29 is 29.0 Å². The second-order valence-electron chi connectivity index (χ2n) is 15.7. The number of fused-ring (bicyclic) bond motifs is 1. The van der Waals surface area contributed by atoms with Crippen molar-refractivity contribution in [2.24, 2.45) is 0 Å². The second kappa shape index (κ2) is 19.7. The molecule has 336 valence electrons. The Morgan fingerprint density at radius 2 is 1.11 bits per heavy atom. The highest BCUT2D eigenvalue weighted by Gasteiger charge is 2.38. The standard InChI is InChI=1S/C28H30N4O5.C21H20N2O5/c1-3-20(17-9-5-4-6-10-17)29-23-24(26(35)25(23)34)30-21-13-7-12-19(27(21)37-2)28(36)31-15-18-11-8-14-32(18)22(33)16-31;1-3-14(12-8-5-4-6-9-12)22-16-17(19(25)18(16)24)23-15-11-7-10-13(21(26)27)20(15)28-2/h4-7,9-10,12-13,18,20,29-30H,3,8,11,14-16H2,1-2H3;4-11,14,22-23H,3H2,1-2H3,(H,26,27)/t18?,20-;14-/m11/s1. The molecule has 2 fully saturated rings. The number of hydrogen-bond donors (Lipinski definition) is 5. The number of aromatic carboxylic acids is 1. The van der Waals surface area contributed by atoms with Gasteiger partial charge in [-0.3, -0.25) is 28.8 Å². The van der Waals surface area contributed by atoms with Crippen LogP contribution in [-0.4, -0.2) is 72.6 Å². The predicted octanol–water partition coefficient (Wildman–Crippen LogP) is 6.34. The maximum Gasteiger partial charge on any atom is 0.339 e. The fraction of sp³-hybridized carbons (Fsp3) is 0.286. The number of ether oxygens (including phenoxy) is 2. The highest BCUT2D eigenvalue weighted by Crippen LogP contribution is 2.36. The van der Waals surface area contributed by atoms with Gasteiger partial charge in [0, 0.05) is 19.1 Å². The zero-order valence-electron chi connectivity index (χ0n) is 36.4. The van der Waals surface area contributed by atoms with Crippen LogP contribution in [0.4, 0.5) is 34.1 Å². The Hall–Kier alpha value is -7.75. The summed E-state index contributed by atoms with van der Waals surface area (Å²) in [4.78, 5) is 90.1. The number of para-hydroxylation sites is 2. The molecule has 8 rings (SSSR count). The zero-order chi connectivity index (χ0) is 46.4. The summed E-state index contributed by atoms with van der Waals surface area (Å²) in [5, 5.41) is 21.5. The Kier molecular flexibility index (Phi) is 13.8. The number of nitrogens with one attached hydrogen (secondary N) is 4. The van der Waals surface area contributed by atoms with Crippen molar-refractivity contribution in [3.05, 3.63) is 160 Å². The quantitative estimate of drug-likeness (QED) is 0.0672. The molecule has 2 heterocycles. The van der Waals surface area contributed by atoms with Crippen LogP contribution in [0.3, 0.4) is 0 Å². The molecule has 0 aromatic heterocycles. The Labute approximate surface area is 374 Å². The van der Waals surface area contributed by atoms with Gasteiger partial charge in [-0.15, -0.1) is 0 Å². The molecular formula is C49H50N6O10. The number of methoxy groups -OCH3 is 2. The Balaban J connectivity index is 0.000000202. The first-order chi connectivity index (χ1) is 31.4. The van der Waals surface area contributed by atoms with Crippen LogP contribution in [0.2, 0.25) is 0 Å². The molecule has 16 heteroatoms. The molecule has 0 aliphatic carbocycles. The monoisotopic (exact) mass is 882 g/mol. The summed E-state index contributed by atoms with van der Waals surface area (Å²) in [6.07, 6.45) is 3.25. The minimum atomic E-state index is -1.15. The molecule has 2 aliphatic heterocycles. The molecule has 1 unspecified atom stereocenters. The number of hydrogen-bond acceptors (Lipinski definition) is 13. The number of anilines is 6. The molecule has 16 nitrogen and oxygen atoms in total. The summed E-state index contributed by atoms with van der Waals surface area (Å²) in [6, 6.07) is 28.6.